The number of benzene rings is 1. The van der Waals surface area contributed by atoms with Gasteiger partial charge in [0.1, 0.15) is 0 Å². The summed E-state index contributed by atoms with van der Waals surface area (Å²) < 4.78 is 4.86. The van der Waals surface area contributed by atoms with Crippen LogP contribution < -0.4 is 10.6 Å². The van der Waals surface area contributed by atoms with Gasteiger partial charge in [0.05, 0.1) is 18.8 Å². The molecule has 1 unspecified atom stereocenters. The van der Waals surface area contributed by atoms with Crippen molar-refractivity contribution in [1.29, 1.82) is 0 Å². The molecule has 2 rings (SSSR count). The monoisotopic (exact) mass is 261 g/mol. The number of carbonyl (C=O) groups excluding carboxylic acids is 1. The Labute approximate surface area is 110 Å². The van der Waals surface area contributed by atoms with Gasteiger partial charge >= 0.3 is 6.03 Å². The number of nitrogens with zero attached hydrogens (tertiary/aromatic N) is 1. The minimum atomic E-state index is -0.519. The molecular weight excluding hydrogens is 246 g/mol. The van der Waals surface area contributed by atoms with E-state index in [-0.39, 0.29) is 12.6 Å². The molecule has 2 aromatic rings. The number of aromatic nitrogens is 1. The number of carbonyl (C=O) groups is 1. The summed E-state index contributed by atoms with van der Waals surface area (Å²) in [6.45, 7) is 1.96. The Kier molecular flexibility index (Phi) is 4.15. The first-order valence-electron chi connectivity index (χ1n) is 5.87. The van der Waals surface area contributed by atoms with Gasteiger partial charge in [0.25, 0.3) is 0 Å². The molecule has 1 aromatic carbocycles. The van der Waals surface area contributed by atoms with Crippen molar-refractivity contribution < 1.29 is 14.4 Å². The number of aliphatic hydroxyl groups is 1. The highest BCUT2D eigenvalue weighted by atomic mass is 16.5. The quantitative estimate of drug-likeness (QED) is 0.786. The predicted octanol–water partition coefficient (Wildman–Crippen LogP) is 2.05. The van der Waals surface area contributed by atoms with Gasteiger partial charge in [-0.3, -0.25) is 0 Å². The molecule has 1 atom stereocenters. The van der Waals surface area contributed by atoms with Crippen LogP contribution in [0.4, 0.5) is 10.5 Å². The second-order valence-electron chi connectivity index (χ2n) is 4.08. The topological polar surface area (TPSA) is 87.4 Å². The number of anilines is 1. The van der Waals surface area contributed by atoms with Crippen molar-refractivity contribution in [3.05, 3.63) is 47.9 Å². The highest BCUT2D eigenvalue weighted by molar-refractivity contribution is 5.89. The van der Waals surface area contributed by atoms with Gasteiger partial charge in [0.15, 0.2) is 5.76 Å². The van der Waals surface area contributed by atoms with Crippen LogP contribution in [0, 0.1) is 0 Å². The van der Waals surface area contributed by atoms with E-state index >= 15 is 0 Å². The molecule has 0 aliphatic heterocycles. The molecule has 1 aromatic heterocycles. The van der Waals surface area contributed by atoms with Crippen molar-refractivity contribution >= 4 is 11.7 Å². The van der Waals surface area contributed by atoms with Gasteiger partial charge in [-0.25, -0.2) is 4.79 Å². The molecule has 0 aliphatic rings. The summed E-state index contributed by atoms with van der Waals surface area (Å²) in [5, 5.41) is 18.2. The van der Waals surface area contributed by atoms with Crippen LogP contribution >= 0.6 is 0 Å². The summed E-state index contributed by atoms with van der Waals surface area (Å²) in [7, 11) is 0. The van der Waals surface area contributed by atoms with Crippen molar-refractivity contribution in [2.75, 3.05) is 5.32 Å². The lowest BCUT2D eigenvalue weighted by atomic mass is 10.1. The van der Waals surface area contributed by atoms with E-state index in [1.165, 1.54) is 6.20 Å². The van der Waals surface area contributed by atoms with Gasteiger partial charge in [0, 0.05) is 11.8 Å². The Balaban J connectivity index is 1.84. The first-order chi connectivity index (χ1) is 9.15. The van der Waals surface area contributed by atoms with Crippen LogP contribution in [0.5, 0.6) is 0 Å². The fourth-order valence-corrected chi connectivity index (χ4v) is 1.52. The summed E-state index contributed by atoms with van der Waals surface area (Å²) in [6.07, 6.45) is 0.998. The summed E-state index contributed by atoms with van der Waals surface area (Å²) in [5.74, 6) is 0.583. The van der Waals surface area contributed by atoms with Gasteiger partial charge in [-0.2, -0.15) is 0 Å². The van der Waals surface area contributed by atoms with Crippen LogP contribution in [0.1, 0.15) is 24.4 Å². The predicted molar refractivity (Wildman–Crippen MR) is 69.4 cm³/mol. The molecule has 6 nitrogen and oxygen atoms in total. The molecule has 0 saturated carbocycles. The molecule has 3 N–H and O–H groups in total. The third kappa shape index (κ3) is 3.82. The van der Waals surface area contributed by atoms with Crippen molar-refractivity contribution in [2.45, 2.75) is 19.6 Å². The van der Waals surface area contributed by atoms with Crippen LogP contribution in [-0.2, 0) is 6.54 Å². The van der Waals surface area contributed by atoms with Gasteiger partial charge in [-0.05, 0) is 24.6 Å². The zero-order valence-electron chi connectivity index (χ0n) is 10.5. The van der Waals surface area contributed by atoms with Crippen LogP contribution in [-0.4, -0.2) is 16.3 Å². The Morgan fingerprint density at radius 1 is 1.37 bits per heavy atom. The Bertz CT molecular complexity index is 521. The van der Waals surface area contributed by atoms with Gasteiger partial charge in [-0.1, -0.05) is 17.3 Å². The molecule has 0 fully saturated rings. The van der Waals surface area contributed by atoms with Crippen LogP contribution in [0.3, 0.4) is 0 Å². The molecule has 0 spiro atoms. The van der Waals surface area contributed by atoms with E-state index in [9.17, 15) is 9.90 Å². The summed E-state index contributed by atoms with van der Waals surface area (Å²) >= 11 is 0. The number of hydrogen-bond acceptors (Lipinski definition) is 4. The number of amides is 2. The maximum absolute atomic E-state index is 11.6. The molecule has 6 heteroatoms. The largest absolute Gasteiger partial charge is 0.389 e. The zero-order valence-corrected chi connectivity index (χ0v) is 10.5. The second kappa shape index (κ2) is 6.01. The van der Waals surface area contributed by atoms with Crippen molar-refractivity contribution in [3.8, 4) is 0 Å². The van der Waals surface area contributed by atoms with E-state index in [0.29, 0.717) is 11.4 Å². The van der Waals surface area contributed by atoms with Crippen LogP contribution in [0.25, 0.3) is 0 Å². The first-order valence-corrected chi connectivity index (χ1v) is 5.87. The van der Waals surface area contributed by atoms with Gasteiger partial charge in [-0.15, -0.1) is 0 Å². The molecule has 0 saturated heterocycles. The highest BCUT2D eigenvalue weighted by Crippen LogP contribution is 2.15. The molecule has 0 bridgehead atoms. The number of aliphatic hydroxyl groups excluding tert-OH is 1. The van der Waals surface area contributed by atoms with E-state index in [1.807, 2.05) is 0 Å². The SMILES string of the molecule is CC(O)c1ccc(NC(=O)NCc2ccno2)cc1. The average molecular weight is 261 g/mol. The number of rotatable bonds is 4. The van der Waals surface area contributed by atoms with Gasteiger partial charge in [0.2, 0.25) is 0 Å². The maximum atomic E-state index is 11.6. The van der Waals surface area contributed by atoms with E-state index in [2.05, 4.69) is 15.8 Å². The molecule has 2 amide bonds. The molecule has 19 heavy (non-hydrogen) atoms. The van der Waals surface area contributed by atoms with E-state index < -0.39 is 6.10 Å². The molecule has 0 radical (unpaired) electrons. The maximum Gasteiger partial charge on any atom is 0.319 e. The standard InChI is InChI=1S/C13H15N3O3/c1-9(17)10-2-4-11(5-3-10)16-13(18)14-8-12-6-7-15-19-12/h2-7,9,17H,8H2,1H3,(H2,14,16,18). The summed E-state index contributed by atoms with van der Waals surface area (Å²) in [5.41, 5.74) is 1.45. The number of hydrogen-bond donors (Lipinski definition) is 3. The lowest BCUT2D eigenvalue weighted by Crippen LogP contribution is -2.27. The lowest BCUT2D eigenvalue weighted by molar-refractivity contribution is 0.199. The minimum Gasteiger partial charge on any atom is -0.389 e. The zero-order chi connectivity index (χ0) is 13.7. The average Bonchev–Trinajstić information content (AvgIpc) is 2.90. The van der Waals surface area contributed by atoms with Crippen LogP contribution in [0.2, 0.25) is 0 Å². The minimum absolute atomic E-state index is 0.275. The lowest BCUT2D eigenvalue weighted by Gasteiger charge is -2.08. The number of urea groups is 1. The molecule has 0 aliphatic carbocycles. The van der Waals surface area contributed by atoms with E-state index in [4.69, 9.17) is 4.52 Å². The normalized spacial score (nSPS) is 11.9. The fraction of sp³-hybridized carbons (Fsp3) is 0.231. The Morgan fingerprint density at radius 3 is 2.68 bits per heavy atom. The molecule has 1 heterocycles. The molecular formula is C13H15N3O3. The van der Waals surface area contributed by atoms with Gasteiger partial charge < -0.3 is 20.3 Å². The third-order valence-corrected chi connectivity index (χ3v) is 2.57. The summed E-state index contributed by atoms with van der Waals surface area (Å²) in [4.78, 5) is 11.6. The Morgan fingerprint density at radius 2 is 2.11 bits per heavy atom. The van der Waals surface area contributed by atoms with Crippen LogP contribution in [0.15, 0.2) is 41.1 Å². The van der Waals surface area contributed by atoms with E-state index in [0.717, 1.165) is 5.56 Å². The molecule has 100 valence electrons. The smallest absolute Gasteiger partial charge is 0.319 e. The Hall–Kier alpha value is -2.34. The third-order valence-electron chi connectivity index (χ3n) is 2.57. The van der Waals surface area contributed by atoms with E-state index in [1.54, 1.807) is 37.3 Å². The van der Waals surface area contributed by atoms with Crippen molar-refractivity contribution in [2.24, 2.45) is 0 Å². The van der Waals surface area contributed by atoms with Crippen molar-refractivity contribution in [1.82, 2.24) is 10.5 Å². The first kappa shape index (κ1) is 13.1. The number of nitrogens with one attached hydrogen (secondary N) is 2. The second-order valence-corrected chi connectivity index (χ2v) is 4.08. The highest BCUT2D eigenvalue weighted by Gasteiger charge is 2.04. The van der Waals surface area contributed by atoms with Crippen molar-refractivity contribution in [3.63, 3.8) is 0 Å². The fourth-order valence-electron chi connectivity index (χ4n) is 1.52. The summed E-state index contributed by atoms with van der Waals surface area (Å²) in [6, 6.07) is 8.33.